The van der Waals surface area contributed by atoms with Crippen molar-refractivity contribution in [3.8, 4) is 11.5 Å². The Morgan fingerprint density at radius 1 is 1.05 bits per heavy atom. The molecule has 1 heterocycles. The first-order chi connectivity index (χ1) is 18.2. The van der Waals surface area contributed by atoms with Gasteiger partial charge in [-0.05, 0) is 67.8 Å². The van der Waals surface area contributed by atoms with Crippen LogP contribution in [-0.2, 0) is 22.7 Å². The number of rotatable bonds is 10. The van der Waals surface area contributed by atoms with E-state index in [1.54, 1.807) is 28.8 Å². The lowest BCUT2D eigenvalue weighted by Crippen LogP contribution is -2.50. The number of nitrogens with one attached hydrogen (secondary N) is 1. The molecule has 0 aliphatic carbocycles. The average Bonchev–Trinajstić information content (AvgIpc) is 3.32. The summed E-state index contributed by atoms with van der Waals surface area (Å²) < 4.78 is 6.82. The van der Waals surface area contributed by atoms with Gasteiger partial charge in [0.05, 0.1) is 12.6 Å². The van der Waals surface area contributed by atoms with Crippen LogP contribution in [0.2, 0.25) is 0 Å². The SMILES string of the molecule is CCC(C)(C)NC(=O)C(c1ccc(O)cc1)N(Cc1ccc(OC)cc1)C(=O)Cn1nnc2ccccc21. The van der Waals surface area contributed by atoms with Gasteiger partial charge in [0.25, 0.3) is 0 Å². The van der Waals surface area contributed by atoms with Crippen molar-refractivity contribution in [1.82, 2.24) is 25.2 Å². The lowest BCUT2D eigenvalue weighted by Gasteiger charge is -2.34. The molecular formula is C29H33N5O4. The number of ether oxygens (including phenoxy) is 1. The van der Waals surface area contributed by atoms with Gasteiger partial charge in [-0.1, -0.05) is 48.5 Å². The van der Waals surface area contributed by atoms with Gasteiger partial charge in [0.2, 0.25) is 11.8 Å². The number of hydrogen-bond donors (Lipinski definition) is 2. The third kappa shape index (κ3) is 6.11. The molecule has 0 saturated carbocycles. The Labute approximate surface area is 222 Å². The van der Waals surface area contributed by atoms with E-state index in [1.165, 1.54) is 12.1 Å². The maximum absolute atomic E-state index is 14.0. The van der Waals surface area contributed by atoms with Gasteiger partial charge in [0.15, 0.2) is 0 Å². The molecule has 0 aliphatic rings. The highest BCUT2D eigenvalue weighted by Gasteiger charge is 2.34. The maximum Gasteiger partial charge on any atom is 0.247 e. The van der Waals surface area contributed by atoms with Crippen LogP contribution in [0.15, 0.2) is 72.8 Å². The van der Waals surface area contributed by atoms with Crippen LogP contribution in [-0.4, -0.2) is 49.5 Å². The zero-order valence-corrected chi connectivity index (χ0v) is 22.1. The summed E-state index contributed by atoms with van der Waals surface area (Å²) in [4.78, 5) is 29.4. The molecule has 1 unspecified atom stereocenters. The van der Waals surface area contributed by atoms with Crippen molar-refractivity contribution in [1.29, 1.82) is 0 Å². The summed E-state index contributed by atoms with van der Waals surface area (Å²) in [6.45, 7) is 5.94. The van der Waals surface area contributed by atoms with E-state index in [-0.39, 0.29) is 30.7 Å². The third-order valence-corrected chi connectivity index (χ3v) is 6.65. The number of phenolic OH excluding ortho intramolecular Hbond substituents is 1. The number of benzene rings is 3. The Balaban J connectivity index is 1.76. The van der Waals surface area contributed by atoms with Crippen molar-refractivity contribution < 1.29 is 19.4 Å². The van der Waals surface area contributed by atoms with Gasteiger partial charge in [0, 0.05) is 12.1 Å². The van der Waals surface area contributed by atoms with Gasteiger partial charge in [-0.2, -0.15) is 0 Å². The van der Waals surface area contributed by atoms with Crippen molar-refractivity contribution in [2.24, 2.45) is 0 Å². The Bertz CT molecular complexity index is 1400. The first-order valence-corrected chi connectivity index (χ1v) is 12.5. The summed E-state index contributed by atoms with van der Waals surface area (Å²) in [7, 11) is 1.59. The number of methoxy groups -OCH3 is 1. The number of phenols is 1. The molecule has 9 heteroatoms. The average molecular weight is 516 g/mol. The summed E-state index contributed by atoms with van der Waals surface area (Å²) in [5.41, 5.74) is 2.33. The number of carbonyl (C=O) groups is 2. The van der Waals surface area contributed by atoms with E-state index in [2.05, 4.69) is 15.6 Å². The lowest BCUT2D eigenvalue weighted by molar-refractivity contribution is -0.143. The largest absolute Gasteiger partial charge is 0.508 e. The molecule has 9 nitrogen and oxygen atoms in total. The summed E-state index contributed by atoms with van der Waals surface area (Å²) in [6, 6.07) is 20.2. The van der Waals surface area contributed by atoms with Gasteiger partial charge in [-0.25, -0.2) is 4.68 Å². The van der Waals surface area contributed by atoms with Crippen LogP contribution < -0.4 is 10.1 Å². The van der Waals surface area contributed by atoms with E-state index in [0.717, 1.165) is 11.1 Å². The van der Waals surface area contributed by atoms with Gasteiger partial charge < -0.3 is 20.1 Å². The van der Waals surface area contributed by atoms with Crippen LogP contribution in [0, 0.1) is 0 Å². The van der Waals surface area contributed by atoms with Gasteiger partial charge in [-0.15, -0.1) is 5.10 Å². The second kappa shape index (κ2) is 11.3. The molecule has 2 N–H and O–H groups in total. The topological polar surface area (TPSA) is 110 Å². The molecular weight excluding hydrogens is 482 g/mol. The molecule has 0 fully saturated rings. The predicted molar refractivity (Wildman–Crippen MR) is 144 cm³/mol. The van der Waals surface area contributed by atoms with E-state index in [0.29, 0.717) is 23.3 Å². The summed E-state index contributed by atoms with van der Waals surface area (Å²) in [5.74, 6) is 0.147. The third-order valence-electron chi connectivity index (χ3n) is 6.65. The van der Waals surface area contributed by atoms with Crippen molar-refractivity contribution >= 4 is 22.8 Å². The number of nitrogens with zero attached hydrogens (tertiary/aromatic N) is 4. The van der Waals surface area contributed by atoms with Crippen LogP contribution in [0.3, 0.4) is 0 Å². The van der Waals surface area contributed by atoms with E-state index >= 15 is 0 Å². The van der Waals surface area contributed by atoms with E-state index < -0.39 is 11.6 Å². The first kappa shape index (κ1) is 26.7. The summed E-state index contributed by atoms with van der Waals surface area (Å²) >= 11 is 0. The molecule has 2 amide bonds. The minimum atomic E-state index is -0.953. The Kier molecular flexibility index (Phi) is 7.95. The molecule has 0 spiro atoms. The van der Waals surface area contributed by atoms with Gasteiger partial charge >= 0.3 is 0 Å². The molecule has 4 rings (SSSR count). The van der Waals surface area contributed by atoms with Gasteiger partial charge in [0.1, 0.15) is 29.6 Å². The van der Waals surface area contributed by atoms with Crippen molar-refractivity contribution in [3.05, 3.63) is 83.9 Å². The first-order valence-electron chi connectivity index (χ1n) is 12.5. The fraction of sp³-hybridized carbons (Fsp3) is 0.310. The number of amides is 2. The molecule has 0 radical (unpaired) electrons. The van der Waals surface area contributed by atoms with Crippen molar-refractivity contribution in [3.63, 3.8) is 0 Å². The summed E-state index contributed by atoms with van der Waals surface area (Å²) in [6.07, 6.45) is 0.707. The Morgan fingerprint density at radius 3 is 2.39 bits per heavy atom. The summed E-state index contributed by atoms with van der Waals surface area (Å²) in [5, 5.41) is 21.3. The van der Waals surface area contributed by atoms with Crippen molar-refractivity contribution in [2.45, 2.75) is 51.9 Å². The number of fused-ring (bicyclic) bond motifs is 1. The highest BCUT2D eigenvalue weighted by atomic mass is 16.5. The van der Waals surface area contributed by atoms with Crippen LogP contribution >= 0.6 is 0 Å². The number of carbonyl (C=O) groups excluding carboxylic acids is 2. The number of para-hydroxylation sites is 1. The smallest absolute Gasteiger partial charge is 0.247 e. The minimum Gasteiger partial charge on any atom is -0.508 e. The zero-order chi connectivity index (χ0) is 27.3. The normalized spacial score (nSPS) is 12.2. The van der Waals surface area contributed by atoms with Crippen molar-refractivity contribution in [2.75, 3.05) is 7.11 Å². The number of hydrogen-bond acceptors (Lipinski definition) is 6. The predicted octanol–water partition coefficient (Wildman–Crippen LogP) is 4.22. The molecule has 0 saturated heterocycles. The molecule has 1 aromatic heterocycles. The minimum absolute atomic E-state index is 0.0731. The molecule has 198 valence electrons. The van der Waals surface area contributed by atoms with Crippen LogP contribution in [0.25, 0.3) is 11.0 Å². The van der Waals surface area contributed by atoms with Crippen LogP contribution in [0.1, 0.15) is 44.4 Å². The molecule has 4 aromatic rings. The maximum atomic E-state index is 14.0. The molecule has 38 heavy (non-hydrogen) atoms. The second-order valence-electron chi connectivity index (χ2n) is 9.83. The van der Waals surface area contributed by atoms with E-state index in [1.807, 2.05) is 69.3 Å². The van der Waals surface area contributed by atoms with E-state index in [4.69, 9.17) is 4.74 Å². The fourth-order valence-corrected chi connectivity index (χ4v) is 4.12. The van der Waals surface area contributed by atoms with Gasteiger partial charge in [-0.3, -0.25) is 9.59 Å². The number of aromatic nitrogens is 3. The Morgan fingerprint density at radius 2 is 1.74 bits per heavy atom. The molecule has 1 atom stereocenters. The second-order valence-corrected chi connectivity index (χ2v) is 9.83. The van der Waals surface area contributed by atoms with Crippen LogP contribution in [0.4, 0.5) is 0 Å². The molecule has 0 bridgehead atoms. The lowest BCUT2D eigenvalue weighted by atomic mass is 9.98. The zero-order valence-electron chi connectivity index (χ0n) is 22.1. The Hall–Kier alpha value is -4.40. The highest BCUT2D eigenvalue weighted by Crippen LogP contribution is 2.28. The highest BCUT2D eigenvalue weighted by molar-refractivity contribution is 5.89. The monoisotopic (exact) mass is 515 g/mol. The molecule has 3 aromatic carbocycles. The standard InChI is InChI=1S/C29H33N5O4/c1-5-29(2,3)30-28(37)27(21-12-14-22(35)15-13-21)33(18-20-10-16-23(38-4)17-11-20)26(36)19-34-25-9-7-6-8-24(25)31-32-34/h6-17,27,35H,5,18-19H2,1-4H3,(H,30,37). The number of aromatic hydroxyl groups is 1. The van der Waals surface area contributed by atoms with E-state index in [9.17, 15) is 14.7 Å². The fourth-order valence-electron chi connectivity index (χ4n) is 4.12. The molecule has 0 aliphatic heterocycles. The quantitative estimate of drug-likeness (QED) is 0.327. The van der Waals surface area contributed by atoms with Crippen LogP contribution in [0.5, 0.6) is 11.5 Å².